The van der Waals surface area contributed by atoms with E-state index in [1.807, 2.05) is 12.1 Å². The van der Waals surface area contributed by atoms with Crippen LogP contribution < -0.4 is 4.74 Å². The second-order valence-electron chi connectivity index (χ2n) is 3.53. The molecule has 0 bridgehead atoms. The summed E-state index contributed by atoms with van der Waals surface area (Å²) in [7, 11) is 0. The van der Waals surface area contributed by atoms with Crippen LogP contribution in [0.25, 0.3) is 0 Å². The summed E-state index contributed by atoms with van der Waals surface area (Å²) >= 11 is 0. The third-order valence-corrected chi connectivity index (χ3v) is 2.77. The Morgan fingerprint density at radius 1 is 1.38 bits per heavy atom. The quantitative estimate of drug-likeness (QED) is 0.611. The van der Waals surface area contributed by atoms with Crippen molar-refractivity contribution in [1.29, 1.82) is 0 Å². The minimum atomic E-state index is 0.225. The van der Waals surface area contributed by atoms with Gasteiger partial charge in [-0.25, -0.2) is 0 Å². The van der Waals surface area contributed by atoms with Gasteiger partial charge in [-0.05, 0) is 12.1 Å². The van der Waals surface area contributed by atoms with Gasteiger partial charge < -0.3 is 9.84 Å². The van der Waals surface area contributed by atoms with Gasteiger partial charge in [0.1, 0.15) is 17.6 Å². The molecule has 1 heterocycles. The van der Waals surface area contributed by atoms with Crippen LogP contribution in [0.2, 0.25) is 0 Å². The minimum Gasteiger partial charge on any atom is -0.508 e. The Morgan fingerprint density at radius 3 is 3.23 bits per heavy atom. The van der Waals surface area contributed by atoms with Crippen molar-refractivity contribution < 1.29 is 9.84 Å². The van der Waals surface area contributed by atoms with Crippen molar-refractivity contribution in [2.75, 3.05) is 0 Å². The molecule has 1 N–H and O–H groups in total. The van der Waals surface area contributed by atoms with Crippen LogP contribution in [0.3, 0.4) is 0 Å². The maximum atomic E-state index is 9.66. The van der Waals surface area contributed by atoms with Crippen molar-refractivity contribution in [2.24, 2.45) is 0 Å². The lowest BCUT2D eigenvalue weighted by Crippen LogP contribution is -2.11. The number of ether oxygens (including phenoxy) is 1. The standard InChI is InChI=1S/C11H10O2/c12-8-4-2-6-10-11(8)7-3-1-5-9(7)13-10/h1-4,6-7,9,12H,5H2. The van der Waals surface area contributed by atoms with Crippen LogP contribution in [0, 0.1) is 0 Å². The maximum absolute atomic E-state index is 9.66. The van der Waals surface area contributed by atoms with Crippen LogP contribution in [0.5, 0.6) is 11.5 Å². The van der Waals surface area contributed by atoms with Gasteiger partial charge in [0.15, 0.2) is 0 Å². The zero-order valence-electron chi connectivity index (χ0n) is 7.10. The first-order chi connectivity index (χ1) is 6.36. The SMILES string of the molecule is Oc1cccc2c1C1C=CCC1O2. The zero-order chi connectivity index (χ0) is 8.84. The molecule has 0 spiro atoms. The molecule has 2 atom stereocenters. The monoisotopic (exact) mass is 174 g/mol. The maximum Gasteiger partial charge on any atom is 0.127 e. The van der Waals surface area contributed by atoms with Crippen molar-refractivity contribution >= 4 is 0 Å². The smallest absolute Gasteiger partial charge is 0.127 e. The summed E-state index contributed by atoms with van der Waals surface area (Å²) in [6, 6.07) is 5.46. The highest BCUT2D eigenvalue weighted by molar-refractivity contribution is 5.52. The Morgan fingerprint density at radius 2 is 2.31 bits per heavy atom. The summed E-state index contributed by atoms with van der Waals surface area (Å²) in [4.78, 5) is 0. The summed E-state index contributed by atoms with van der Waals surface area (Å²) in [5.74, 6) is 1.48. The van der Waals surface area contributed by atoms with Gasteiger partial charge in [-0.2, -0.15) is 0 Å². The van der Waals surface area contributed by atoms with E-state index >= 15 is 0 Å². The summed E-state index contributed by atoms with van der Waals surface area (Å²) < 4.78 is 5.69. The molecule has 0 fully saturated rings. The van der Waals surface area contributed by atoms with E-state index in [9.17, 15) is 5.11 Å². The molecule has 2 heteroatoms. The van der Waals surface area contributed by atoms with Crippen molar-refractivity contribution in [3.63, 3.8) is 0 Å². The molecular weight excluding hydrogens is 164 g/mol. The van der Waals surface area contributed by atoms with Crippen LogP contribution in [0.1, 0.15) is 17.9 Å². The number of phenols is 1. The average molecular weight is 174 g/mol. The molecule has 0 amide bonds. The Hall–Kier alpha value is -1.44. The van der Waals surface area contributed by atoms with Crippen LogP contribution in [-0.4, -0.2) is 11.2 Å². The van der Waals surface area contributed by atoms with Gasteiger partial charge in [-0.15, -0.1) is 0 Å². The van der Waals surface area contributed by atoms with Crippen LogP contribution in [0.4, 0.5) is 0 Å². The second-order valence-corrected chi connectivity index (χ2v) is 3.53. The molecule has 2 aliphatic rings. The molecule has 66 valence electrons. The third-order valence-electron chi connectivity index (χ3n) is 2.77. The number of hydrogen-bond donors (Lipinski definition) is 1. The normalized spacial score (nSPS) is 28.3. The predicted octanol–water partition coefficient (Wildman–Crippen LogP) is 2.20. The molecule has 13 heavy (non-hydrogen) atoms. The number of phenolic OH excluding ortho intramolecular Hbond substituents is 1. The van der Waals surface area contributed by atoms with Crippen molar-refractivity contribution in [3.8, 4) is 11.5 Å². The lowest BCUT2D eigenvalue weighted by Gasteiger charge is -2.07. The highest BCUT2D eigenvalue weighted by Gasteiger charge is 2.36. The molecule has 0 aromatic heterocycles. The van der Waals surface area contributed by atoms with E-state index in [0.29, 0.717) is 5.75 Å². The Bertz CT molecular complexity index is 382. The molecule has 3 rings (SSSR count). The molecule has 0 radical (unpaired) electrons. The van der Waals surface area contributed by atoms with Gasteiger partial charge >= 0.3 is 0 Å². The van der Waals surface area contributed by atoms with Gasteiger partial charge in [-0.3, -0.25) is 0 Å². The summed E-state index contributed by atoms with van der Waals surface area (Å²) in [5, 5.41) is 9.66. The highest BCUT2D eigenvalue weighted by Crippen LogP contribution is 2.47. The van der Waals surface area contributed by atoms with E-state index in [4.69, 9.17) is 4.74 Å². The van der Waals surface area contributed by atoms with E-state index < -0.39 is 0 Å². The zero-order valence-corrected chi connectivity index (χ0v) is 7.10. The summed E-state index contributed by atoms with van der Waals surface area (Å²) in [5.41, 5.74) is 0.959. The first kappa shape index (κ1) is 7.01. The van der Waals surface area contributed by atoms with Crippen LogP contribution in [0.15, 0.2) is 30.4 Å². The first-order valence-electron chi connectivity index (χ1n) is 4.51. The fraction of sp³-hybridized carbons (Fsp3) is 0.273. The predicted molar refractivity (Wildman–Crippen MR) is 49.0 cm³/mol. The van der Waals surface area contributed by atoms with E-state index in [2.05, 4.69) is 12.2 Å². The molecule has 1 aliphatic carbocycles. The first-order valence-corrected chi connectivity index (χ1v) is 4.51. The molecule has 1 aromatic rings. The Labute approximate surface area is 76.5 Å². The fourth-order valence-electron chi connectivity index (χ4n) is 2.17. The summed E-state index contributed by atoms with van der Waals surface area (Å²) in [6.07, 6.45) is 5.42. The highest BCUT2D eigenvalue weighted by atomic mass is 16.5. The van der Waals surface area contributed by atoms with Crippen LogP contribution >= 0.6 is 0 Å². The number of fused-ring (bicyclic) bond motifs is 3. The number of rotatable bonds is 0. The topological polar surface area (TPSA) is 29.5 Å². The van der Waals surface area contributed by atoms with Gasteiger partial charge in [0, 0.05) is 17.9 Å². The van der Waals surface area contributed by atoms with Crippen molar-refractivity contribution in [3.05, 3.63) is 35.9 Å². The molecule has 2 nitrogen and oxygen atoms in total. The van der Waals surface area contributed by atoms with Crippen molar-refractivity contribution in [1.82, 2.24) is 0 Å². The molecule has 0 saturated carbocycles. The van der Waals surface area contributed by atoms with E-state index in [1.54, 1.807) is 6.07 Å². The molecule has 2 unspecified atom stereocenters. The molecule has 1 aromatic carbocycles. The van der Waals surface area contributed by atoms with Gasteiger partial charge in [-0.1, -0.05) is 18.2 Å². The van der Waals surface area contributed by atoms with E-state index in [0.717, 1.165) is 17.7 Å². The van der Waals surface area contributed by atoms with Gasteiger partial charge in [0.2, 0.25) is 0 Å². The molecule has 1 aliphatic heterocycles. The Balaban J connectivity index is 2.19. The Kier molecular flexibility index (Phi) is 1.23. The minimum absolute atomic E-state index is 0.225. The largest absolute Gasteiger partial charge is 0.508 e. The van der Waals surface area contributed by atoms with Crippen molar-refractivity contribution in [2.45, 2.75) is 18.4 Å². The lowest BCUT2D eigenvalue weighted by atomic mass is 9.98. The second kappa shape index (κ2) is 2.28. The van der Waals surface area contributed by atoms with Gasteiger partial charge in [0.05, 0.1) is 0 Å². The number of benzene rings is 1. The average Bonchev–Trinajstić information content (AvgIpc) is 2.62. The molecule has 0 saturated heterocycles. The van der Waals surface area contributed by atoms with E-state index in [-0.39, 0.29) is 12.0 Å². The third kappa shape index (κ3) is 0.829. The number of aromatic hydroxyl groups is 1. The number of hydrogen-bond acceptors (Lipinski definition) is 2. The lowest BCUT2D eigenvalue weighted by molar-refractivity contribution is 0.232. The van der Waals surface area contributed by atoms with Crippen LogP contribution in [-0.2, 0) is 0 Å². The fourth-order valence-corrected chi connectivity index (χ4v) is 2.17. The summed E-state index contributed by atoms with van der Waals surface area (Å²) in [6.45, 7) is 0. The van der Waals surface area contributed by atoms with E-state index in [1.165, 1.54) is 0 Å². The van der Waals surface area contributed by atoms with Gasteiger partial charge in [0.25, 0.3) is 0 Å². The molecular formula is C11H10O2.